The van der Waals surface area contributed by atoms with Crippen LogP contribution in [0.1, 0.15) is 6.92 Å². The van der Waals surface area contributed by atoms with E-state index >= 15 is 0 Å². The van der Waals surface area contributed by atoms with Crippen molar-refractivity contribution in [2.75, 3.05) is 12.4 Å². The van der Waals surface area contributed by atoms with Crippen LogP contribution in [0.2, 0.25) is 0 Å². The molecule has 1 heterocycles. The third kappa shape index (κ3) is 4.45. The first-order valence-corrected chi connectivity index (χ1v) is 9.02. The number of esters is 1. The van der Waals surface area contributed by atoms with E-state index in [1.54, 1.807) is 42.5 Å². The molecule has 0 radical (unpaired) electrons. The van der Waals surface area contributed by atoms with Gasteiger partial charge in [0.1, 0.15) is 11.4 Å². The Hall–Kier alpha value is -4.40. The Balaban J connectivity index is 1.95. The number of carbonyl (C=O) groups excluding carboxylic acids is 3. The summed E-state index contributed by atoms with van der Waals surface area (Å²) in [5.74, 6) is -2.62. The second kappa shape index (κ2) is 8.54. The number of hydrogen-bond acceptors (Lipinski definition) is 6. The number of anilines is 1. The fraction of sp³-hybridized carbons (Fsp3) is 0.0909. The molecule has 9 nitrogen and oxygen atoms in total. The minimum atomic E-state index is -0.824. The molecule has 31 heavy (non-hydrogen) atoms. The molecule has 0 bridgehead atoms. The van der Waals surface area contributed by atoms with Crippen molar-refractivity contribution in [2.24, 2.45) is 0 Å². The van der Waals surface area contributed by atoms with Gasteiger partial charge in [-0.1, -0.05) is 31.4 Å². The average molecular weight is 421 g/mol. The molecule has 0 aliphatic carbocycles. The molecule has 0 fully saturated rings. The lowest BCUT2D eigenvalue weighted by molar-refractivity contribution is -0.137. The van der Waals surface area contributed by atoms with Crippen LogP contribution in [0.5, 0.6) is 0 Å². The Morgan fingerprint density at radius 3 is 2.29 bits per heavy atom. The third-order valence-corrected chi connectivity index (χ3v) is 4.35. The van der Waals surface area contributed by atoms with Crippen molar-refractivity contribution in [1.29, 1.82) is 0 Å². The van der Waals surface area contributed by atoms with E-state index in [0.29, 0.717) is 11.2 Å². The van der Waals surface area contributed by atoms with Gasteiger partial charge in [0.15, 0.2) is 5.58 Å². The molecule has 3 aromatic rings. The predicted molar refractivity (Wildman–Crippen MR) is 115 cm³/mol. The average Bonchev–Trinajstić information content (AvgIpc) is 3.07. The maximum atomic E-state index is 12.4. The molecule has 2 N–H and O–H groups in total. The molecule has 0 unspecified atom stereocenters. The molecule has 0 spiro atoms. The van der Waals surface area contributed by atoms with Crippen LogP contribution >= 0.6 is 0 Å². The summed E-state index contributed by atoms with van der Waals surface area (Å²) in [5, 5.41) is 4.92. The van der Waals surface area contributed by atoms with Crippen LogP contribution in [0.25, 0.3) is 27.9 Å². The van der Waals surface area contributed by atoms with Crippen LogP contribution in [-0.2, 0) is 19.1 Å². The van der Waals surface area contributed by atoms with Gasteiger partial charge in [0.05, 0.1) is 12.6 Å². The zero-order chi connectivity index (χ0) is 22.7. The van der Waals surface area contributed by atoms with E-state index in [1.807, 2.05) is 0 Å². The lowest BCUT2D eigenvalue weighted by Crippen LogP contribution is -2.31. The molecule has 158 valence electrons. The number of methoxy groups -OCH3 is 1. The van der Waals surface area contributed by atoms with Crippen LogP contribution in [0.3, 0.4) is 0 Å². The van der Waals surface area contributed by atoms with Crippen molar-refractivity contribution >= 4 is 40.3 Å². The molecule has 2 aromatic carbocycles. The SMILES string of the molecule is C=C(NC(=O)C(=C)n1c(=O)oc2ccc(-c3ccc(NC(C)=O)cc3)cc21)C(=O)OC. The summed E-state index contributed by atoms with van der Waals surface area (Å²) in [5.41, 5.74) is 2.21. The minimum Gasteiger partial charge on any atom is -0.464 e. The molecule has 0 atom stereocenters. The summed E-state index contributed by atoms with van der Waals surface area (Å²) in [6.45, 7) is 8.47. The van der Waals surface area contributed by atoms with Gasteiger partial charge >= 0.3 is 11.7 Å². The number of nitrogens with one attached hydrogen (secondary N) is 2. The number of carbonyl (C=O) groups is 3. The van der Waals surface area contributed by atoms with Crippen LogP contribution in [0, 0.1) is 0 Å². The summed E-state index contributed by atoms with van der Waals surface area (Å²) in [6, 6.07) is 12.1. The first-order valence-electron chi connectivity index (χ1n) is 9.02. The van der Waals surface area contributed by atoms with Gasteiger partial charge < -0.3 is 19.8 Å². The molecule has 0 aliphatic heterocycles. The number of benzene rings is 2. The number of amides is 2. The maximum absolute atomic E-state index is 12.4. The Morgan fingerprint density at radius 2 is 1.68 bits per heavy atom. The molecule has 2 amide bonds. The van der Waals surface area contributed by atoms with Crippen molar-refractivity contribution in [1.82, 2.24) is 9.88 Å². The molecule has 9 heteroatoms. The number of fused-ring (bicyclic) bond motifs is 1. The highest BCUT2D eigenvalue weighted by atomic mass is 16.5. The van der Waals surface area contributed by atoms with Gasteiger partial charge in [0, 0.05) is 12.6 Å². The lowest BCUT2D eigenvalue weighted by Gasteiger charge is -2.09. The highest BCUT2D eigenvalue weighted by Crippen LogP contribution is 2.26. The molecular formula is C22H19N3O6. The number of ether oxygens (including phenoxy) is 1. The van der Waals surface area contributed by atoms with E-state index in [1.165, 1.54) is 6.92 Å². The van der Waals surface area contributed by atoms with E-state index in [9.17, 15) is 19.2 Å². The van der Waals surface area contributed by atoms with Crippen molar-refractivity contribution < 1.29 is 23.5 Å². The van der Waals surface area contributed by atoms with Crippen molar-refractivity contribution in [3.05, 3.63) is 71.9 Å². The summed E-state index contributed by atoms with van der Waals surface area (Å²) in [6.07, 6.45) is 0. The normalized spacial score (nSPS) is 10.4. The minimum absolute atomic E-state index is 0.178. The van der Waals surface area contributed by atoms with Crippen LogP contribution in [0.4, 0.5) is 5.69 Å². The first kappa shape index (κ1) is 21.3. The highest BCUT2D eigenvalue weighted by molar-refractivity contribution is 6.16. The summed E-state index contributed by atoms with van der Waals surface area (Å²) >= 11 is 0. The molecule has 0 saturated heterocycles. The Labute approximate surface area is 176 Å². The first-order chi connectivity index (χ1) is 14.7. The smallest absolute Gasteiger partial charge is 0.424 e. The maximum Gasteiger partial charge on any atom is 0.424 e. The highest BCUT2D eigenvalue weighted by Gasteiger charge is 2.20. The molecule has 0 aliphatic rings. The fourth-order valence-corrected chi connectivity index (χ4v) is 2.89. The number of aromatic nitrogens is 1. The Morgan fingerprint density at radius 1 is 1.03 bits per heavy atom. The van der Waals surface area contributed by atoms with Crippen LogP contribution < -0.4 is 16.4 Å². The van der Waals surface area contributed by atoms with Gasteiger partial charge in [-0.3, -0.25) is 9.59 Å². The molecule has 3 rings (SSSR count). The van der Waals surface area contributed by atoms with Gasteiger partial charge in [0.25, 0.3) is 5.91 Å². The number of nitrogens with zero attached hydrogens (tertiary/aromatic N) is 1. The summed E-state index contributed by atoms with van der Waals surface area (Å²) < 4.78 is 10.7. The predicted octanol–water partition coefficient (Wildman–Crippen LogP) is 2.49. The van der Waals surface area contributed by atoms with Gasteiger partial charge in [0.2, 0.25) is 5.91 Å². The largest absolute Gasteiger partial charge is 0.464 e. The number of hydrogen-bond donors (Lipinski definition) is 2. The Bertz CT molecular complexity index is 1280. The summed E-state index contributed by atoms with van der Waals surface area (Å²) in [7, 11) is 1.15. The standard InChI is InChI=1S/C22H19N3O6/c1-12(21(28)30-4)23-20(27)13(2)25-18-11-16(7-10-19(18)31-22(25)29)15-5-8-17(9-6-15)24-14(3)26/h5-11H,1-2H2,3-4H3,(H,23,27)(H,24,26). The molecule has 1 aromatic heterocycles. The van der Waals surface area contributed by atoms with Crippen molar-refractivity contribution in [3.63, 3.8) is 0 Å². The second-order valence-corrected chi connectivity index (χ2v) is 6.52. The fourth-order valence-electron chi connectivity index (χ4n) is 2.89. The van der Waals surface area contributed by atoms with Gasteiger partial charge in [-0.15, -0.1) is 0 Å². The van der Waals surface area contributed by atoms with E-state index < -0.39 is 17.6 Å². The van der Waals surface area contributed by atoms with Crippen molar-refractivity contribution in [2.45, 2.75) is 6.92 Å². The van der Waals surface area contributed by atoms with Crippen LogP contribution in [0.15, 0.2) is 70.5 Å². The third-order valence-electron chi connectivity index (χ3n) is 4.35. The zero-order valence-electron chi connectivity index (χ0n) is 16.9. The van der Waals surface area contributed by atoms with E-state index in [2.05, 4.69) is 28.5 Å². The lowest BCUT2D eigenvalue weighted by atomic mass is 10.0. The second-order valence-electron chi connectivity index (χ2n) is 6.52. The monoisotopic (exact) mass is 421 g/mol. The topological polar surface area (TPSA) is 120 Å². The van der Waals surface area contributed by atoms with Gasteiger partial charge in [-0.05, 0) is 35.4 Å². The van der Waals surface area contributed by atoms with Gasteiger partial charge in [-0.2, -0.15) is 0 Å². The van der Waals surface area contributed by atoms with Gasteiger partial charge in [-0.25, -0.2) is 14.2 Å². The summed E-state index contributed by atoms with van der Waals surface area (Å²) in [4.78, 5) is 47.4. The van der Waals surface area contributed by atoms with Crippen molar-refractivity contribution in [3.8, 4) is 11.1 Å². The quantitative estimate of drug-likeness (QED) is 0.466. The molecular weight excluding hydrogens is 402 g/mol. The van der Waals surface area contributed by atoms with E-state index in [0.717, 1.165) is 22.8 Å². The Kier molecular flexibility index (Phi) is 5.87. The zero-order valence-corrected chi connectivity index (χ0v) is 16.9. The van der Waals surface area contributed by atoms with E-state index in [4.69, 9.17) is 4.42 Å². The molecule has 0 saturated carbocycles. The van der Waals surface area contributed by atoms with Crippen LogP contribution in [-0.4, -0.2) is 29.5 Å². The number of rotatable bonds is 6. The van der Waals surface area contributed by atoms with E-state index in [-0.39, 0.29) is 22.9 Å². The number of oxazole rings is 1.